The molecule has 11 heavy (non-hydrogen) atoms. The maximum Gasteiger partial charge on any atom is 0.0961 e. The smallest absolute Gasteiger partial charge is 0.0961 e. The molecule has 0 heterocycles. The first-order valence-corrected chi connectivity index (χ1v) is 3.53. The first-order chi connectivity index (χ1) is 5.09. The van der Waals surface area contributed by atoms with Crippen LogP contribution < -0.4 is 0 Å². The van der Waals surface area contributed by atoms with Crippen molar-refractivity contribution in [2.45, 2.75) is 37.5 Å². The third kappa shape index (κ3) is 1.30. The molecule has 1 aliphatic carbocycles. The number of azide groups is 1. The predicted molar refractivity (Wildman–Crippen MR) is 38.8 cm³/mol. The number of hydrogen-bond acceptors (Lipinski definition) is 3. The number of nitrogens with zero attached hydrogens (tertiary/aromatic N) is 3. The van der Waals surface area contributed by atoms with Gasteiger partial charge >= 0.3 is 0 Å². The molecule has 0 aliphatic heterocycles. The molecule has 5 heteroatoms. The summed E-state index contributed by atoms with van der Waals surface area (Å²) < 4.78 is 0. The Bertz CT molecular complexity index is 198. The van der Waals surface area contributed by atoms with Gasteiger partial charge in [0.05, 0.1) is 17.7 Å². The van der Waals surface area contributed by atoms with Crippen molar-refractivity contribution in [1.29, 1.82) is 0 Å². The van der Waals surface area contributed by atoms with E-state index in [1.165, 1.54) is 6.92 Å². The standard InChI is InChI=1S/C6H11N3O2/c1-6(11)4(8-9-7)2-3-5(6)10/h4-5,10-11H,2-3H2,1H3/t4-,5+,6+/m1/s1. The molecule has 0 amide bonds. The fourth-order valence-corrected chi connectivity index (χ4v) is 1.36. The summed E-state index contributed by atoms with van der Waals surface area (Å²) in [5, 5.41) is 22.2. The average Bonchev–Trinajstić information content (AvgIpc) is 2.16. The van der Waals surface area contributed by atoms with Crippen molar-refractivity contribution in [3.8, 4) is 0 Å². The van der Waals surface area contributed by atoms with Crippen LogP contribution in [0.1, 0.15) is 19.8 Å². The Balaban J connectivity index is 2.77. The van der Waals surface area contributed by atoms with Gasteiger partial charge in [-0.25, -0.2) is 0 Å². The summed E-state index contributed by atoms with van der Waals surface area (Å²) in [4.78, 5) is 2.60. The SMILES string of the molecule is C[C@@]1(O)[C@@H](O)CC[C@H]1N=[N+]=[N-]. The molecular formula is C6H11N3O2. The Labute approximate surface area is 64.3 Å². The molecular weight excluding hydrogens is 146 g/mol. The van der Waals surface area contributed by atoms with Gasteiger partial charge in [-0.3, -0.25) is 0 Å². The highest BCUT2D eigenvalue weighted by Gasteiger charge is 2.43. The van der Waals surface area contributed by atoms with Gasteiger partial charge in [0.1, 0.15) is 0 Å². The zero-order valence-corrected chi connectivity index (χ0v) is 6.30. The van der Waals surface area contributed by atoms with E-state index < -0.39 is 17.7 Å². The van der Waals surface area contributed by atoms with Crippen LogP contribution in [0.5, 0.6) is 0 Å². The minimum atomic E-state index is -1.24. The molecule has 5 nitrogen and oxygen atoms in total. The lowest BCUT2D eigenvalue weighted by atomic mass is 9.99. The van der Waals surface area contributed by atoms with Crippen LogP contribution in [-0.4, -0.2) is 28.0 Å². The highest BCUT2D eigenvalue weighted by Crippen LogP contribution is 2.32. The summed E-state index contributed by atoms with van der Waals surface area (Å²) in [5.74, 6) is 0. The van der Waals surface area contributed by atoms with E-state index in [0.29, 0.717) is 12.8 Å². The summed E-state index contributed by atoms with van der Waals surface area (Å²) >= 11 is 0. The molecule has 1 rings (SSSR count). The van der Waals surface area contributed by atoms with Crippen molar-refractivity contribution >= 4 is 0 Å². The minimum absolute atomic E-state index is 0.484. The van der Waals surface area contributed by atoms with Crippen LogP contribution in [0.4, 0.5) is 0 Å². The Morgan fingerprint density at radius 3 is 2.64 bits per heavy atom. The third-order valence-electron chi connectivity index (χ3n) is 2.25. The molecule has 0 aromatic carbocycles. The van der Waals surface area contributed by atoms with E-state index in [4.69, 9.17) is 5.53 Å². The zero-order chi connectivity index (χ0) is 8.48. The Kier molecular flexibility index (Phi) is 2.04. The molecule has 3 atom stereocenters. The second kappa shape index (κ2) is 2.70. The fourth-order valence-electron chi connectivity index (χ4n) is 1.36. The second-order valence-electron chi connectivity index (χ2n) is 3.04. The van der Waals surface area contributed by atoms with Gasteiger partial charge in [-0.15, -0.1) is 0 Å². The molecule has 0 spiro atoms. The van der Waals surface area contributed by atoms with Gasteiger partial charge in [0, 0.05) is 4.91 Å². The van der Waals surface area contributed by atoms with Gasteiger partial charge < -0.3 is 10.2 Å². The lowest BCUT2D eigenvalue weighted by Crippen LogP contribution is -2.41. The summed E-state index contributed by atoms with van der Waals surface area (Å²) in [6.45, 7) is 1.49. The Morgan fingerprint density at radius 1 is 1.64 bits per heavy atom. The van der Waals surface area contributed by atoms with Crippen molar-refractivity contribution in [3.63, 3.8) is 0 Å². The van der Waals surface area contributed by atoms with Crippen LogP contribution in [0, 0.1) is 0 Å². The average molecular weight is 157 g/mol. The van der Waals surface area contributed by atoms with Gasteiger partial charge in [0.15, 0.2) is 0 Å². The minimum Gasteiger partial charge on any atom is -0.390 e. The highest BCUT2D eigenvalue weighted by atomic mass is 16.3. The number of aliphatic hydroxyl groups excluding tert-OH is 1. The molecule has 1 saturated carbocycles. The maximum atomic E-state index is 9.54. The monoisotopic (exact) mass is 157 g/mol. The molecule has 1 aliphatic rings. The highest BCUT2D eigenvalue weighted by molar-refractivity contribution is 5.00. The van der Waals surface area contributed by atoms with E-state index in [-0.39, 0.29) is 0 Å². The predicted octanol–water partition coefficient (Wildman–Crippen LogP) is 0.571. The molecule has 1 fully saturated rings. The molecule has 0 bridgehead atoms. The van der Waals surface area contributed by atoms with E-state index in [1.54, 1.807) is 0 Å². The lowest BCUT2D eigenvalue weighted by Gasteiger charge is -2.24. The molecule has 0 aromatic heterocycles. The van der Waals surface area contributed by atoms with Crippen molar-refractivity contribution in [2.24, 2.45) is 5.11 Å². The van der Waals surface area contributed by atoms with E-state index in [1.807, 2.05) is 0 Å². The van der Waals surface area contributed by atoms with Gasteiger partial charge in [-0.2, -0.15) is 0 Å². The van der Waals surface area contributed by atoms with Gasteiger partial charge in [0.2, 0.25) is 0 Å². The third-order valence-corrected chi connectivity index (χ3v) is 2.25. The Hall–Kier alpha value is -0.770. The van der Waals surface area contributed by atoms with E-state index >= 15 is 0 Å². The lowest BCUT2D eigenvalue weighted by molar-refractivity contribution is -0.0471. The van der Waals surface area contributed by atoms with Gasteiger partial charge in [-0.1, -0.05) is 5.11 Å². The summed E-state index contributed by atoms with van der Waals surface area (Å²) in [6.07, 6.45) is 0.285. The largest absolute Gasteiger partial charge is 0.390 e. The summed E-state index contributed by atoms with van der Waals surface area (Å²) in [6, 6.07) is -0.484. The van der Waals surface area contributed by atoms with Crippen molar-refractivity contribution in [1.82, 2.24) is 0 Å². The number of rotatable bonds is 1. The van der Waals surface area contributed by atoms with Gasteiger partial charge in [-0.05, 0) is 25.3 Å². The van der Waals surface area contributed by atoms with E-state index in [9.17, 15) is 10.2 Å². The first kappa shape index (κ1) is 8.33. The topological polar surface area (TPSA) is 89.2 Å². The maximum absolute atomic E-state index is 9.54. The normalized spacial score (nSPS) is 43.5. The van der Waals surface area contributed by atoms with Crippen LogP contribution in [0.2, 0.25) is 0 Å². The van der Waals surface area contributed by atoms with Gasteiger partial charge in [0.25, 0.3) is 0 Å². The Morgan fingerprint density at radius 2 is 2.27 bits per heavy atom. The van der Waals surface area contributed by atoms with Crippen LogP contribution >= 0.6 is 0 Å². The molecule has 0 radical (unpaired) electrons. The summed E-state index contributed by atoms with van der Waals surface area (Å²) in [7, 11) is 0. The van der Waals surface area contributed by atoms with Crippen molar-refractivity contribution in [2.75, 3.05) is 0 Å². The number of aliphatic hydroxyl groups is 2. The molecule has 0 saturated heterocycles. The molecule has 0 unspecified atom stereocenters. The van der Waals surface area contributed by atoms with Crippen molar-refractivity contribution < 1.29 is 10.2 Å². The quantitative estimate of drug-likeness (QED) is 0.331. The van der Waals surface area contributed by atoms with Crippen LogP contribution in [0.3, 0.4) is 0 Å². The van der Waals surface area contributed by atoms with Crippen molar-refractivity contribution in [3.05, 3.63) is 10.4 Å². The summed E-state index contributed by atoms with van der Waals surface area (Å²) in [5.41, 5.74) is 6.87. The van der Waals surface area contributed by atoms with Crippen LogP contribution in [-0.2, 0) is 0 Å². The van der Waals surface area contributed by atoms with E-state index in [2.05, 4.69) is 10.0 Å². The fraction of sp³-hybridized carbons (Fsp3) is 1.00. The van der Waals surface area contributed by atoms with E-state index in [0.717, 1.165) is 0 Å². The molecule has 0 aromatic rings. The first-order valence-electron chi connectivity index (χ1n) is 3.53. The molecule has 62 valence electrons. The molecule has 2 N–H and O–H groups in total. The zero-order valence-electron chi connectivity index (χ0n) is 6.30. The number of hydrogen-bond donors (Lipinski definition) is 2. The van der Waals surface area contributed by atoms with Crippen LogP contribution in [0.15, 0.2) is 5.11 Å². The second-order valence-corrected chi connectivity index (χ2v) is 3.04. The van der Waals surface area contributed by atoms with Crippen LogP contribution in [0.25, 0.3) is 10.4 Å².